The maximum Gasteiger partial charge on any atom is 0.0897 e. The molecule has 0 aliphatic heterocycles. The SMILES string of the molecule is Cc1nc(CC(CBr)c2ccccc2)cs1. The van der Waals surface area contributed by atoms with Crippen molar-refractivity contribution in [1.82, 2.24) is 4.98 Å². The number of rotatable bonds is 4. The molecule has 0 saturated heterocycles. The summed E-state index contributed by atoms with van der Waals surface area (Å²) in [5, 5.41) is 4.29. The molecular formula is C13H14BrNS. The van der Waals surface area contributed by atoms with Crippen molar-refractivity contribution in [2.45, 2.75) is 19.3 Å². The van der Waals surface area contributed by atoms with E-state index in [2.05, 4.69) is 63.5 Å². The molecule has 0 radical (unpaired) electrons. The molecule has 1 aromatic carbocycles. The van der Waals surface area contributed by atoms with Crippen LogP contribution in [0, 0.1) is 6.92 Å². The molecule has 0 aliphatic rings. The van der Waals surface area contributed by atoms with E-state index in [1.807, 2.05) is 0 Å². The number of hydrogen-bond donors (Lipinski definition) is 0. The van der Waals surface area contributed by atoms with Crippen LogP contribution in [0.25, 0.3) is 0 Å². The average molecular weight is 296 g/mol. The van der Waals surface area contributed by atoms with E-state index in [0.717, 1.165) is 16.8 Å². The van der Waals surface area contributed by atoms with Crippen molar-refractivity contribution < 1.29 is 0 Å². The Morgan fingerprint density at radius 2 is 2.06 bits per heavy atom. The molecule has 0 amide bonds. The van der Waals surface area contributed by atoms with E-state index < -0.39 is 0 Å². The Hall–Kier alpha value is -0.670. The number of aromatic nitrogens is 1. The van der Waals surface area contributed by atoms with Gasteiger partial charge < -0.3 is 0 Å². The topological polar surface area (TPSA) is 12.9 Å². The predicted octanol–water partition coefficient (Wildman–Crippen LogP) is 4.17. The molecule has 2 aromatic rings. The van der Waals surface area contributed by atoms with Gasteiger partial charge in [0.15, 0.2) is 0 Å². The molecule has 2 rings (SSSR count). The van der Waals surface area contributed by atoms with E-state index in [0.29, 0.717) is 5.92 Å². The standard InChI is InChI=1S/C13H14BrNS/c1-10-15-13(9-16-10)7-12(8-14)11-5-3-2-4-6-11/h2-6,9,12H,7-8H2,1H3. The van der Waals surface area contributed by atoms with Gasteiger partial charge in [0.2, 0.25) is 0 Å². The van der Waals surface area contributed by atoms with Crippen molar-refractivity contribution in [3.63, 3.8) is 0 Å². The summed E-state index contributed by atoms with van der Waals surface area (Å²) >= 11 is 5.32. The third-order valence-corrected chi connectivity index (χ3v) is 4.18. The summed E-state index contributed by atoms with van der Waals surface area (Å²) < 4.78 is 0. The van der Waals surface area contributed by atoms with Crippen LogP contribution in [-0.4, -0.2) is 10.3 Å². The Labute approximate surface area is 109 Å². The van der Waals surface area contributed by atoms with Crippen LogP contribution in [0.1, 0.15) is 22.2 Å². The van der Waals surface area contributed by atoms with Crippen LogP contribution < -0.4 is 0 Å². The van der Waals surface area contributed by atoms with Gasteiger partial charge in [-0.15, -0.1) is 11.3 Å². The second-order valence-electron chi connectivity index (χ2n) is 3.82. The van der Waals surface area contributed by atoms with Gasteiger partial charge in [0, 0.05) is 10.7 Å². The molecule has 1 aromatic heterocycles. The first-order valence-corrected chi connectivity index (χ1v) is 7.31. The van der Waals surface area contributed by atoms with Crippen molar-refractivity contribution in [2.75, 3.05) is 5.33 Å². The second-order valence-corrected chi connectivity index (χ2v) is 5.53. The molecule has 0 aliphatic carbocycles. The maximum absolute atomic E-state index is 4.52. The smallest absolute Gasteiger partial charge is 0.0897 e. The fourth-order valence-electron chi connectivity index (χ4n) is 1.74. The second kappa shape index (κ2) is 5.60. The average Bonchev–Trinajstić information content (AvgIpc) is 2.73. The zero-order chi connectivity index (χ0) is 11.4. The fourth-order valence-corrected chi connectivity index (χ4v) is 2.97. The van der Waals surface area contributed by atoms with Crippen molar-refractivity contribution in [1.29, 1.82) is 0 Å². The first-order valence-electron chi connectivity index (χ1n) is 5.31. The number of halogens is 1. The molecule has 16 heavy (non-hydrogen) atoms. The molecule has 0 bridgehead atoms. The van der Waals surface area contributed by atoms with Crippen molar-refractivity contribution in [2.24, 2.45) is 0 Å². The summed E-state index contributed by atoms with van der Waals surface area (Å²) in [7, 11) is 0. The minimum atomic E-state index is 0.516. The lowest BCUT2D eigenvalue weighted by atomic mass is 9.97. The highest BCUT2D eigenvalue weighted by Gasteiger charge is 2.12. The Kier molecular flexibility index (Phi) is 4.13. The highest BCUT2D eigenvalue weighted by Crippen LogP contribution is 2.23. The number of nitrogens with zero attached hydrogens (tertiary/aromatic N) is 1. The summed E-state index contributed by atoms with van der Waals surface area (Å²) in [6, 6.07) is 10.6. The van der Waals surface area contributed by atoms with Crippen molar-refractivity contribution in [3.05, 3.63) is 52.0 Å². The highest BCUT2D eigenvalue weighted by atomic mass is 79.9. The van der Waals surface area contributed by atoms with E-state index in [1.54, 1.807) is 11.3 Å². The summed E-state index contributed by atoms with van der Waals surface area (Å²) in [6.07, 6.45) is 1.01. The largest absolute Gasteiger partial charge is 0.247 e. The van der Waals surface area contributed by atoms with E-state index in [9.17, 15) is 0 Å². The van der Waals surface area contributed by atoms with Gasteiger partial charge in [-0.2, -0.15) is 0 Å². The van der Waals surface area contributed by atoms with Gasteiger partial charge in [-0.25, -0.2) is 4.98 Å². The molecule has 1 unspecified atom stereocenters. The first kappa shape index (κ1) is 11.8. The quantitative estimate of drug-likeness (QED) is 0.772. The minimum absolute atomic E-state index is 0.516. The Balaban J connectivity index is 2.12. The van der Waals surface area contributed by atoms with Crippen molar-refractivity contribution in [3.8, 4) is 0 Å². The van der Waals surface area contributed by atoms with Gasteiger partial charge in [-0.05, 0) is 24.8 Å². The van der Waals surface area contributed by atoms with Gasteiger partial charge in [0.25, 0.3) is 0 Å². The summed E-state index contributed by atoms with van der Waals surface area (Å²) in [5.41, 5.74) is 2.58. The van der Waals surface area contributed by atoms with Gasteiger partial charge in [0.1, 0.15) is 0 Å². The molecule has 0 N–H and O–H groups in total. The summed E-state index contributed by atoms with van der Waals surface area (Å²) in [5.74, 6) is 0.516. The first-order chi connectivity index (χ1) is 7.79. The normalized spacial score (nSPS) is 12.6. The molecule has 0 fully saturated rings. The molecular weight excluding hydrogens is 282 g/mol. The summed E-state index contributed by atoms with van der Waals surface area (Å²) in [4.78, 5) is 4.52. The molecule has 3 heteroatoms. The molecule has 1 heterocycles. The van der Waals surface area contributed by atoms with E-state index in [1.165, 1.54) is 11.3 Å². The third kappa shape index (κ3) is 2.92. The van der Waals surface area contributed by atoms with Crippen molar-refractivity contribution >= 4 is 27.3 Å². The van der Waals surface area contributed by atoms with E-state index in [4.69, 9.17) is 0 Å². The predicted molar refractivity (Wildman–Crippen MR) is 73.5 cm³/mol. The lowest BCUT2D eigenvalue weighted by Crippen LogP contribution is -2.04. The van der Waals surface area contributed by atoms with Crippen LogP contribution in [0.2, 0.25) is 0 Å². The number of thiazole rings is 1. The Morgan fingerprint density at radius 1 is 1.31 bits per heavy atom. The van der Waals surface area contributed by atoms with Gasteiger partial charge >= 0.3 is 0 Å². The number of aryl methyl sites for hydroxylation is 1. The minimum Gasteiger partial charge on any atom is -0.247 e. The van der Waals surface area contributed by atoms with E-state index >= 15 is 0 Å². The monoisotopic (exact) mass is 295 g/mol. The number of hydrogen-bond acceptors (Lipinski definition) is 2. The fraction of sp³-hybridized carbons (Fsp3) is 0.308. The molecule has 0 saturated carbocycles. The Bertz CT molecular complexity index is 438. The van der Waals surface area contributed by atoms with Crippen LogP contribution in [-0.2, 0) is 6.42 Å². The Morgan fingerprint density at radius 3 is 2.62 bits per heavy atom. The van der Waals surface area contributed by atoms with E-state index in [-0.39, 0.29) is 0 Å². The maximum atomic E-state index is 4.52. The lowest BCUT2D eigenvalue weighted by molar-refractivity contribution is 0.758. The molecule has 0 spiro atoms. The van der Waals surface area contributed by atoms with Gasteiger partial charge in [0.05, 0.1) is 10.7 Å². The van der Waals surface area contributed by atoms with Crippen LogP contribution in [0.5, 0.6) is 0 Å². The molecule has 1 atom stereocenters. The van der Waals surface area contributed by atoms with Gasteiger partial charge in [-0.3, -0.25) is 0 Å². The summed E-state index contributed by atoms with van der Waals surface area (Å²) in [6.45, 7) is 2.06. The molecule has 1 nitrogen and oxygen atoms in total. The van der Waals surface area contributed by atoms with Crippen LogP contribution in [0.4, 0.5) is 0 Å². The highest BCUT2D eigenvalue weighted by molar-refractivity contribution is 9.09. The number of alkyl halides is 1. The van der Waals surface area contributed by atoms with Crippen LogP contribution in [0.3, 0.4) is 0 Å². The lowest BCUT2D eigenvalue weighted by Gasteiger charge is -2.12. The van der Waals surface area contributed by atoms with Gasteiger partial charge in [-0.1, -0.05) is 46.3 Å². The zero-order valence-corrected chi connectivity index (χ0v) is 11.6. The van der Waals surface area contributed by atoms with Crippen LogP contribution in [0.15, 0.2) is 35.7 Å². The van der Waals surface area contributed by atoms with Crippen LogP contribution >= 0.6 is 27.3 Å². The zero-order valence-electron chi connectivity index (χ0n) is 9.19. The third-order valence-electron chi connectivity index (χ3n) is 2.58. The molecule has 84 valence electrons. The number of benzene rings is 1.